The van der Waals surface area contributed by atoms with Crippen LogP contribution >= 0.6 is 0 Å². The standard InChI is InChI=1S/C22H36N10/c1-21(2)8-13(9-22(3,4)32-21)30-20(26)17(24)7-16(23)15-6-5-14(12-10-28-29-11-12)18(25)19(15)31-27/h5-7,10-11,13,30-32H,8-9,23-27H2,1-4H3,(H,28,29)/b16-7-,20-17-. The molecule has 14 N–H and O–H groups in total. The smallest absolute Gasteiger partial charge is 0.120 e. The number of nitrogens with zero attached hydrogens (tertiary/aromatic N) is 1. The summed E-state index contributed by atoms with van der Waals surface area (Å²) in [7, 11) is 0. The van der Waals surface area contributed by atoms with E-state index in [0.717, 1.165) is 24.0 Å². The summed E-state index contributed by atoms with van der Waals surface area (Å²) in [6, 6.07) is 3.87. The highest BCUT2D eigenvalue weighted by molar-refractivity contribution is 5.92. The molecule has 0 atom stereocenters. The predicted molar refractivity (Wildman–Crippen MR) is 131 cm³/mol. The molecule has 10 nitrogen and oxygen atoms in total. The van der Waals surface area contributed by atoms with Gasteiger partial charge in [0.25, 0.3) is 0 Å². The van der Waals surface area contributed by atoms with Gasteiger partial charge in [-0.3, -0.25) is 10.9 Å². The fourth-order valence-electron chi connectivity index (χ4n) is 4.72. The number of nitrogens with one attached hydrogen (secondary N) is 4. The van der Waals surface area contributed by atoms with Crippen molar-refractivity contribution >= 4 is 17.1 Å². The van der Waals surface area contributed by atoms with Crippen LogP contribution in [0.2, 0.25) is 0 Å². The van der Waals surface area contributed by atoms with E-state index in [9.17, 15) is 0 Å². The molecule has 174 valence electrons. The van der Waals surface area contributed by atoms with E-state index in [2.05, 4.69) is 54.0 Å². The Kier molecular flexibility index (Phi) is 6.29. The molecule has 1 aliphatic rings. The number of hydrazine groups is 1. The van der Waals surface area contributed by atoms with Crippen molar-refractivity contribution in [1.82, 2.24) is 20.8 Å². The number of aromatic amines is 1. The van der Waals surface area contributed by atoms with Gasteiger partial charge in [0.1, 0.15) is 5.82 Å². The first-order valence-electron chi connectivity index (χ1n) is 10.6. The van der Waals surface area contributed by atoms with E-state index in [1.165, 1.54) is 0 Å². The van der Waals surface area contributed by atoms with Crippen molar-refractivity contribution in [3.63, 3.8) is 0 Å². The van der Waals surface area contributed by atoms with Gasteiger partial charge in [0.05, 0.1) is 23.3 Å². The average Bonchev–Trinajstić information content (AvgIpc) is 3.19. The molecule has 32 heavy (non-hydrogen) atoms. The lowest BCUT2D eigenvalue weighted by atomic mass is 9.79. The minimum absolute atomic E-state index is 0.0146. The first kappa shape index (κ1) is 23.3. The maximum absolute atomic E-state index is 6.35. The van der Waals surface area contributed by atoms with Gasteiger partial charge < -0.3 is 39.0 Å². The number of anilines is 2. The van der Waals surface area contributed by atoms with Crippen molar-refractivity contribution in [1.29, 1.82) is 0 Å². The number of nitrogens with two attached hydrogens (primary N) is 5. The van der Waals surface area contributed by atoms with E-state index in [4.69, 9.17) is 28.8 Å². The molecule has 0 saturated carbocycles. The lowest BCUT2D eigenvalue weighted by Gasteiger charge is -2.47. The molecule has 3 rings (SSSR count). The highest BCUT2D eigenvalue weighted by Crippen LogP contribution is 2.36. The van der Waals surface area contributed by atoms with E-state index >= 15 is 0 Å². The van der Waals surface area contributed by atoms with Gasteiger partial charge in [-0.15, -0.1) is 0 Å². The number of H-pyrrole nitrogens is 1. The highest BCUT2D eigenvalue weighted by atomic mass is 15.2. The van der Waals surface area contributed by atoms with Crippen molar-refractivity contribution in [2.75, 3.05) is 11.2 Å². The quantitative estimate of drug-likeness (QED) is 0.137. The maximum atomic E-state index is 6.35. The second-order valence-corrected chi connectivity index (χ2v) is 9.69. The van der Waals surface area contributed by atoms with Crippen molar-refractivity contribution < 1.29 is 0 Å². The number of benzene rings is 1. The summed E-state index contributed by atoms with van der Waals surface area (Å²) in [5.41, 5.74) is 31.8. The van der Waals surface area contributed by atoms with Gasteiger partial charge in [0.2, 0.25) is 0 Å². The topological polar surface area (TPSA) is 195 Å². The van der Waals surface area contributed by atoms with Crippen LogP contribution in [0.5, 0.6) is 0 Å². The molecule has 0 spiro atoms. The first-order valence-corrected chi connectivity index (χ1v) is 10.6. The molecular weight excluding hydrogens is 404 g/mol. The molecule has 0 unspecified atom stereocenters. The maximum Gasteiger partial charge on any atom is 0.120 e. The van der Waals surface area contributed by atoms with Crippen LogP contribution in [0.4, 0.5) is 11.4 Å². The third kappa shape index (κ3) is 5.09. The Morgan fingerprint density at radius 3 is 2.34 bits per heavy atom. The Morgan fingerprint density at radius 1 is 1.12 bits per heavy atom. The Bertz CT molecular complexity index is 1000. The van der Waals surface area contributed by atoms with Crippen LogP contribution in [0.15, 0.2) is 42.1 Å². The SMILES string of the molecule is CC1(C)CC(N/C(N)=C(N)/C=C(\N)c2ccc(-c3cn[nH]c3)c(N)c2NN)CC(C)(C)N1. The molecule has 0 radical (unpaired) electrons. The molecule has 10 heteroatoms. The molecule has 2 heterocycles. The van der Waals surface area contributed by atoms with Gasteiger partial charge in [0.15, 0.2) is 0 Å². The molecule has 0 amide bonds. The summed E-state index contributed by atoms with van der Waals surface area (Å²) in [6.45, 7) is 8.73. The number of hydrogen-bond donors (Lipinski definition) is 9. The molecule has 2 aromatic rings. The third-order valence-electron chi connectivity index (χ3n) is 5.68. The number of nitrogen functional groups attached to an aromatic ring is 2. The molecule has 0 bridgehead atoms. The normalized spacial score (nSPS) is 19.3. The second-order valence-electron chi connectivity index (χ2n) is 9.69. The summed E-state index contributed by atoms with van der Waals surface area (Å²) in [5, 5.41) is 13.8. The van der Waals surface area contributed by atoms with Gasteiger partial charge in [0, 0.05) is 45.7 Å². The Balaban J connectivity index is 1.86. The summed E-state index contributed by atoms with van der Waals surface area (Å²) in [6.07, 6.45) is 6.88. The van der Waals surface area contributed by atoms with Crippen LogP contribution in [0, 0.1) is 0 Å². The number of piperidine rings is 1. The summed E-state index contributed by atoms with van der Waals surface area (Å²) in [5.74, 6) is 6.14. The zero-order valence-electron chi connectivity index (χ0n) is 19.2. The van der Waals surface area contributed by atoms with Gasteiger partial charge in [-0.25, -0.2) is 0 Å². The van der Waals surface area contributed by atoms with Crippen molar-refractivity contribution in [3.05, 3.63) is 47.7 Å². The van der Waals surface area contributed by atoms with Crippen LogP contribution in [0.1, 0.15) is 46.1 Å². The Hall–Kier alpha value is -3.37. The summed E-state index contributed by atoms with van der Waals surface area (Å²) >= 11 is 0. The summed E-state index contributed by atoms with van der Waals surface area (Å²) in [4.78, 5) is 0. The number of hydrogen-bond acceptors (Lipinski definition) is 9. The number of allylic oxidation sites excluding steroid dienone is 1. The number of aromatic nitrogens is 2. The fraction of sp³-hybridized carbons (Fsp3) is 0.409. The minimum Gasteiger partial charge on any atom is -0.398 e. The van der Waals surface area contributed by atoms with Crippen LogP contribution in [-0.2, 0) is 0 Å². The van der Waals surface area contributed by atoms with E-state index in [1.807, 2.05) is 12.1 Å². The number of rotatable bonds is 6. The Labute approximate surface area is 189 Å². The highest BCUT2D eigenvalue weighted by Gasteiger charge is 2.37. The zero-order chi connectivity index (χ0) is 23.7. The molecule has 1 aromatic carbocycles. The van der Waals surface area contributed by atoms with E-state index < -0.39 is 0 Å². The predicted octanol–water partition coefficient (Wildman–Crippen LogP) is 1.23. The fourth-order valence-corrected chi connectivity index (χ4v) is 4.72. The lowest BCUT2D eigenvalue weighted by molar-refractivity contribution is 0.151. The van der Waals surface area contributed by atoms with E-state index in [1.54, 1.807) is 18.5 Å². The molecule has 1 saturated heterocycles. The van der Waals surface area contributed by atoms with Gasteiger partial charge in [-0.2, -0.15) is 5.10 Å². The summed E-state index contributed by atoms with van der Waals surface area (Å²) < 4.78 is 0. The first-order chi connectivity index (χ1) is 14.9. The van der Waals surface area contributed by atoms with Crippen molar-refractivity contribution in [2.45, 2.75) is 57.7 Å². The van der Waals surface area contributed by atoms with Crippen molar-refractivity contribution in [3.8, 4) is 11.1 Å². The molecule has 0 aliphatic carbocycles. The van der Waals surface area contributed by atoms with E-state index in [-0.39, 0.29) is 17.1 Å². The minimum atomic E-state index is -0.0146. The van der Waals surface area contributed by atoms with Gasteiger partial charge in [-0.05, 0) is 46.6 Å². The van der Waals surface area contributed by atoms with E-state index in [0.29, 0.717) is 34.2 Å². The third-order valence-corrected chi connectivity index (χ3v) is 5.68. The van der Waals surface area contributed by atoms with Gasteiger partial charge in [-0.1, -0.05) is 12.1 Å². The molecule has 1 aliphatic heterocycles. The van der Waals surface area contributed by atoms with Crippen LogP contribution in [-0.4, -0.2) is 27.3 Å². The Morgan fingerprint density at radius 2 is 1.78 bits per heavy atom. The largest absolute Gasteiger partial charge is 0.398 e. The van der Waals surface area contributed by atoms with Crippen molar-refractivity contribution in [2.24, 2.45) is 23.0 Å². The van der Waals surface area contributed by atoms with Gasteiger partial charge >= 0.3 is 0 Å². The average molecular weight is 441 g/mol. The molecule has 1 aromatic heterocycles. The second kappa shape index (κ2) is 8.64. The monoisotopic (exact) mass is 440 g/mol. The molecule has 1 fully saturated rings. The van der Waals surface area contributed by atoms with Crippen LogP contribution in [0.25, 0.3) is 16.8 Å². The van der Waals surface area contributed by atoms with Crippen LogP contribution < -0.4 is 44.8 Å². The molecular formula is C22H36N10. The van der Waals surface area contributed by atoms with Crippen LogP contribution in [0.3, 0.4) is 0 Å². The lowest BCUT2D eigenvalue weighted by Crippen LogP contribution is -2.61. The zero-order valence-corrected chi connectivity index (χ0v) is 19.2.